The van der Waals surface area contributed by atoms with Gasteiger partial charge in [0, 0.05) is 0 Å². The van der Waals surface area contributed by atoms with E-state index < -0.39 is 35.5 Å². The van der Waals surface area contributed by atoms with Crippen molar-refractivity contribution in [2.45, 2.75) is 37.2 Å². The van der Waals surface area contributed by atoms with Crippen LogP contribution < -0.4 is 4.72 Å². The van der Waals surface area contributed by atoms with E-state index in [9.17, 15) is 26.0 Å². The Kier molecular flexibility index (Phi) is 5.71. The summed E-state index contributed by atoms with van der Waals surface area (Å²) in [6.07, 6.45) is -3.41. The van der Waals surface area contributed by atoms with E-state index in [0.717, 1.165) is 6.07 Å². The highest BCUT2D eigenvalue weighted by atomic mass is 32.2. The van der Waals surface area contributed by atoms with Gasteiger partial charge in [0.05, 0.1) is 18.0 Å². The summed E-state index contributed by atoms with van der Waals surface area (Å²) < 4.78 is 74.5. The lowest BCUT2D eigenvalue weighted by Gasteiger charge is -2.16. The molecule has 0 aliphatic carbocycles. The van der Waals surface area contributed by atoms with Crippen molar-refractivity contribution in [3.8, 4) is 0 Å². The van der Waals surface area contributed by atoms with Crippen LogP contribution in [0.15, 0.2) is 23.1 Å². The summed E-state index contributed by atoms with van der Waals surface area (Å²) in [5, 5.41) is 9.14. The first-order chi connectivity index (χ1) is 9.64. The quantitative estimate of drug-likeness (QED) is 0.751. The van der Waals surface area contributed by atoms with E-state index in [1.165, 1.54) is 16.9 Å². The summed E-state index contributed by atoms with van der Waals surface area (Å²) >= 11 is 0. The second kappa shape index (κ2) is 6.71. The highest BCUT2D eigenvalue weighted by molar-refractivity contribution is 7.89. The second-order valence-electron chi connectivity index (χ2n) is 4.33. The summed E-state index contributed by atoms with van der Waals surface area (Å²) in [5.41, 5.74) is 1.04. The van der Waals surface area contributed by atoms with Crippen molar-refractivity contribution in [1.82, 2.24) is 4.72 Å². The molecule has 9 heteroatoms. The Labute approximate surface area is 119 Å². The first-order valence-electron chi connectivity index (χ1n) is 6.02. The first kappa shape index (κ1) is 17.9. The minimum Gasteiger partial charge on any atom is -0.392 e. The number of nitrogens with one attached hydrogen (secondary N) is 1. The number of aliphatic hydroxyl groups excluding tert-OH is 1. The van der Waals surface area contributed by atoms with Crippen LogP contribution >= 0.6 is 0 Å². The van der Waals surface area contributed by atoms with Gasteiger partial charge in [0.25, 0.3) is 0 Å². The summed E-state index contributed by atoms with van der Waals surface area (Å²) in [4.78, 5) is -0.367. The van der Waals surface area contributed by atoms with Crippen molar-refractivity contribution in [3.05, 3.63) is 29.3 Å². The zero-order valence-electron chi connectivity index (χ0n) is 11.1. The molecule has 1 rings (SSSR count). The summed E-state index contributed by atoms with van der Waals surface area (Å²) in [7, 11) is -4.36. The molecule has 2 N–H and O–H groups in total. The molecule has 0 aliphatic rings. The molecule has 4 nitrogen and oxygen atoms in total. The lowest BCUT2D eigenvalue weighted by Crippen LogP contribution is -2.41. The molecule has 0 saturated heterocycles. The molecule has 1 aromatic carbocycles. The molecular formula is C12H15F4NO3S. The highest BCUT2D eigenvalue weighted by Gasteiger charge is 2.41. The second-order valence-corrected chi connectivity index (χ2v) is 6.10. The Morgan fingerprint density at radius 1 is 1.29 bits per heavy atom. The molecule has 1 aromatic rings. The van der Waals surface area contributed by atoms with E-state index in [-0.39, 0.29) is 4.90 Å². The van der Waals surface area contributed by atoms with Crippen LogP contribution in [-0.2, 0) is 23.1 Å². The Hall–Kier alpha value is -1.19. The van der Waals surface area contributed by atoms with Crippen LogP contribution in [0.5, 0.6) is 0 Å². The predicted octanol–water partition coefficient (Wildman–Crippen LogP) is 1.92. The standard InChI is InChI=1S/C12H15F4NO3S/c1-2-8-3-4-10(5-9(8)6-18)21(19,20)17-7-12(15,16)11(13)14/h3-5,11,17-18H,2,6-7H2,1H3. The Morgan fingerprint density at radius 2 is 1.90 bits per heavy atom. The molecular weight excluding hydrogens is 314 g/mol. The number of aliphatic hydroxyl groups is 1. The van der Waals surface area contributed by atoms with Gasteiger partial charge in [-0.05, 0) is 29.7 Å². The summed E-state index contributed by atoms with van der Waals surface area (Å²) in [5.74, 6) is -4.45. The summed E-state index contributed by atoms with van der Waals surface area (Å²) in [6, 6.07) is 3.73. The molecule has 0 unspecified atom stereocenters. The van der Waals surface area contributed by atoms with E-state index in [2.05, 4.69) is 0 Å². The normalized spacial score (nSPS) is 12.9. The van der Waals surface area contributed by atoms with Crippen LogP contribution in [0, 0.1) is 0 Å². The average Bonchev–Trinajstić information content (AvgIpc) is 2.44. The number of sulfonamides is 1. The number of benzene rings is 1. The maximum atomic E-state index is 12.7. The van der Waals surface area contributed by atoms with Crippen molar-refractivity contribution in [1.29, 1.82) is 0 Å². The van der Waals surface area contributed by atoms with Crippen molar-refractivity contribution < 1.29 is 31.1 Å². The largest absolute Gasteiger partial charge is 0.392 e. The van der Waals surface area contributed by atoms with Gasteiger partial charge in [-0.25, -0.2) is 21.9 Å². The van der Waals surface area contributed by atoms with E-state index in [1.54, 1.807) is 6.92 Å². The Balaban J connectivity index is 2.98. The van der Waals surface area contributed by atoms with Gasteiger partial charge in [-0.2, -0.15) is 8.78 Å². The molecule has 0 aromatic heterocycles. The molecule has 0 atom stereocenters. The van der Waals surface area contributed by atoms with Gasteiger partial charge in [-0.1, -0.05) is 13.0 Å². The van der Waals surface area contributed by atoms with E-state index in [0.29, 0.717) is 17.5 Å². The lowest BCUT2D eigenvalue weighted by atomic mass is 10.1. The minimum absolute atomic E-state index is 0.334. The highest BCUT2D eigenvalue weighted by Crippen LogP contribution is 2.23. The SMILES string of the molecule is CCc1ccc(S(=O)(=O)NCC(F)(F)C(F)F)cc1CO. The van der Waals surface area contributed by atoms with Crippen LogP contribution in [-0.4, -0.2) is 32.4 Å². The predicted molar refractivity (Wildman–Crippen MR) is 67.9 cm³/mol. The fourth-order valence-electron chi connectivity index (χ4n) is 1.61. The zero-order chi connectivity index (χ0) is 16.3. The molecule has 0 aliphatic heterocycles. The first-order valence-corrected chi connectivity index (χ1v) is 7.50. The van der Waals surface area contributed by atoms with E-state index in [1.807, 2.05) is 0 Å². The topological polar surface area (TPSA) is 66.4 Å². The fraction of sp³-hybridized carbons (Fsp3) is 0.500. The Bertz CT molecular complexity index is 590. The van der Waals surface area contributed by atoms with E-state index in [4.69, 9.17) is 5.11 Å². The molecule has 0 fully saturated rings. The lowest BCUT2D eigenvalue weighted by molar-refractivity contribution is -0.122. The third-order valence-corrected chi connectivity index (χ3v) is 4.26. The number of aryl methyl sites for hydroxylation is 1. The van der Waals surface area contributed by atoms with Crippen LogP contribution in [0.1, 0.15) is 18.1 Å². The van der Waals surface area contributed by atoms with Crippen LogP contribution in [0.25, 0.3) is 0 Å². The maximum absolute atomic E-state index is 12.7. The van der Waals surface area contributed by atoms with Gasteiger partial charge >= 0.3 is 12.3 Å². The third kappa shape index (κ3) is 4.39. The number of alkyl halides is 4. The van der Waals surface area contributed by atoms with Crippen LogP contribution in [0.4, 0.5) is 17.6 Å². The minimum atomic E-state index is -4.45. The molecule has 21 heavy (non-hydrogen) atoms. The van der Waals surface area contributed by atoms with Crippen molar-refractivity contribution in [3.63, 3.8) is 0 Å². The number of rotatable bonds is 7. The van der Waals surface area contributed by atoms with Crippen molar-refractivity contribution >= 4 is 10.0 Å². The van der Waals surface area contributed by atoms with Crippen molar-refractivity contribution in [2.24, 2.45) is 0 Å². The molecule has 0 spiro atoms. The van der Waals surface area contributed by atoms with Gasteiger partial charge in [0.2, 0.25) is 10.0 Å². The number of halogens is 4. The van der Waals surface area contributed by atoms with Crippen LogP contribution in [0.3, 0.4) is 0 Å². The van der Waals surface area contributed by atoms with Crippen molar-refractivity contribution in [2.75, 3.05) is 6.54 Å². The molecule has 0 heterocycles. The van der Waals surface area contributed by atoms with E-state index >= 15 is 0 Å². The Morgan fingerprint density at radius 3 is 2.38 bits per heavy atom. The zero-order valence-corrected chi connectivity index (χ0v) is 11.9. The molecule has 0 radical (unpaired) electrons. The fourth-order valence-corrected chi connectivity index (χ4v) is 2.71. The monoisotopic (exact) mass is 329 g/mol. The smallest absolute Gasteiger partial charge is 0.320 e. The molecule has 0 amide bonds. The van der Waals surface area contributed by atoms with Gasteiger partial charge in [-0.15, -0.1) is 0 Å². The molecule has 0 bridgehead atoms. The number of hydrogen-bond acceptors (Lipinski definition) is 3. The van der Waals surface area contributed by atoms with Gasteiger partial charge in [0.1, 0.15) is 0 Å². The maximum Gasteiger partial charge on any atom is 0.320 e. The molecule has 0 saturated carbocycles. The third-order valence-electron chi connectivity index (χ3n) is 2.86. The van der Waals surface area contributed by atoms with Gasteiger partial charge in [-0.3, -0.25) is 0 Å². The van der Waals surface area contributed by atoms with Crippen LogP contribution in [0.2, 0.25) is 0 Å². The average molecular weight is 329 g/mol. The summed E-state index contributed by atoms with van der Waals surface area (Å²) in [6.45, 7) is -0.319. The van der Waals surface area contributed by atoms with Gasteiger partial charge in [0.15, 0.2) is 0 Å². The molecule has 120 valence electrons. The van der Waals surface area contributed by atoms with Gasteiger partial charge < -0.3 is 5.11 Å². The number of hydrogen-bond donors (Lipinski definition) is 2.